The van der Waals surface area contributed by atoms with E-state index in [9.17, 15) is 14.0 Å². The molecule has 202 valence electrons. The van der Waals surface area contributed by atoms with E-state index in [1.807, 2.05) is 11.0 Å². The van der Waals surface area contributed by atoms with Crippen molar-refractivity contribution in [1.82, 2.24) is 24.7 Å². The second kappa shape index (κ2) is 11.2. The van der Waals surface area contributed by atoms with E-state index in [-0.39, 0.29) is 23.4 Å². The number of carbonyl (C=O) groups excluding carboxylic acids is 2. The highest BCUT2D eigenvalue weighted by atomic mass is 19.1. The number of carbonyl (C=O) groups is 2. The smallest absolute Gasteiger partial charge is 0.258 e. The molecule has 3 aliphatic heterocycles. The number of ketones is 1. The van der Waals surface area contributed by atoms with Crippen LogP contribution in [0.15, 0.2) is 60.8 Å². The largest absolute Gasteiger partial charge is 0.338 e. The van der Waals surface area contributed by atoms with Crippen molar-refractivity contribution in [1.29, 1.82) is 0 Å². The molecular formula is C30H33FN6O2. The lowest BCUT2D eigenvalue weighted by molar-refractivity contribution is 0.0555. The van der Waals surface area contributed by atoms with Gasteiger partial charge >= 0.3 is 0 Å². The summed E-state index contributed by atoms with van der Waals surface area (Å²) in [5.74, 6) is 0.329. The van der Waals surface area contributed by atoms with E-state index < -0.39 is 0 Å². The summed E-state index contributed by atoms with van der Waals surface area (Å²) in [5, 5.41) is 0. The first-order valence-corrected chi connectivity index (χ1v) is 13.7. The molecule has 0 radical (unpaired) electrons. The molecule has 1 aromatic heterocycles. The average Bonchev–Trinajstić information content (AvgIpc) is 3.28. The van der Waals surface area contributed by atoms with Gasteiger partial charge in [-0.15, -0.1) is 0 Å². The minimum atomic E-state index is -0.337. The molecule has 2 fully saturated rings. The monoisotopic (exact) mass is 528 g/mol. The van der Waals surface area contributed by atoms with Crippen molar-refractivity contribution in [3.63, 3.8) is 0 Å². The van der Waals surface area contributed by atoms with Gasteiger partial charge in [0.1, 0.15) is 5.82 Å². The molecule has 9 heteroatoms. The molecule has 0 aliphatic carbocycles. The number of likely N-dealkylation sites (tertiary alicyclic amines) is 1. The molecule has 3 aliphatic rings. The van der Waals surface area contributed by atoms with Crippen LogP contribution in [0.4, 0.5) is 10.3 Å². The number of amides is 1. The third-order valence-electron chi connectivity index (χ3n) is 8.08. The highest BCUT2D eigenvalue weighted by Gasteiger charge is 2.33. The molecule has 0 spiro atoms. The molecule has 1 amide bonds. The fraction of sp³-hybridized carbons (Fsp3) is 0.400. The van der Waals surface area contributed by atoms with E-state index in [1.54, 1.807) is 18.3 Å². The molecule has 39 heavy (non-hydrogen) atoms. The van der Waals surface area contributed by atoms with Gasteiger partial charge in [0.25, 0.3) is 5.91 Å². The van der Waals surface area contributed by atoms with Crippen LogP contribution in [0.25, 0.3) is 0 Å². The van der Waals surface area contributed by atoms with E-state index in [4.69, 9.17) is 4.98 Å². The van der Waals surface area contributed by atoms with Gasteiger partial charge in [-0.3, -0.25) is 19.4 Å². The minimum absolute atomic E-state index is 0.0336. The molecule has 4 heterocycles. The second-order valence-electron chi connectivity index (χ2n) is 10.7. The number of aromatic nitrogens is 2. The van der Waals surface area contributed by atoms with Crippen molar-refractivity contribution in [2.75, 3.05) is 50.8 Å². The van der Waals surface area contributed by atoms with Crippen LogP contribution in [0.1, 0.15) is 44.8 Å². The number of piperidine rings is 1. The van der Waals surface area contributed by atoms with Crippen LogP contribution < -0.4 is 4.90 Å². The molecule has 2 saturated heterocycles. The Bertz CT molecular complexity index is 1320. The van der Waals surface area contributed by atoms with Gasteiger partial charge < -0.3 is 9.80 Å². The number of fused-ring (bicyclic) bond motifs is 1. The highest BCUT2D eigenvalue weighted by Crippen LogP contribution is 2.26. The topological polar surface area (TPSA) is 72.9 Å². The van der Waals surface area contributed by atoms with Crippen LogP contribution in [0.3, 0.4) is 0 Å². The van der Waals surface area contributed by atoms with Crippen molar-refractivity contribution in [2.45, 2.75) is 25.9 Å². The molecule has 0 unspecified atom stereocenters. The number of benzene rings is 2. The maximum absolute atomic E-state index is 13.2. The minimum Gasteiger partial charge on any atom is -0.338 e. The first-order chi connectivity index (χ1) is 19.0. The fourth-order valence-electron chi connectivity index (χ4n) is 5.77. The Morgan fingerprint density at radius 3 is 2.33 bits per heavy atom. The molecule has 3 aromatic rings. The van der Waals surface area contributed by atoms with Crippen LogP contribution in [0.2, 0.25) is 0 Å². The predicted octanol–water partition coefficient (Wildman–Crippen LogP) is 3.45. The van der Waals surface area contributed by atoms with Gasteiger partial charge in [-0.2, -0.15) is 0 Å². The Balaban J connectivity index is 1.00. The Morgan fingerprint density at radius 2 is 1.62 bits per heavy atom. The number of piperazine rings is 1. The van der Waals surface area contributed by atoms with E-state index >= 15 is 0 Å². The fourth-order valence-corrected chi connectivity index (χ4v) is 5.77. The van der Waals surface area contributed by atoms with Crippen LogP contribution in [0, 0.1) is 11.7 Å². The number of rotatable bonds is 7. The molecule has 0 atom stereocenters. The zero-order valence-electron chi connectivity index (χ0n) is 22.0. The summed E-state index contributed by atoms with van der Waals surface area (Å²) in [6.45, 7) is 7.01. The van der Waals surface area contributed by atoms with Gasteiger partial charge in [0, 0.05) is 63.5 Å². The summed E-state index contributed by atoms with van der Waals surface area (Å²) in [6.07, 6.45) is 3.14. The number of nitrogens with zero attached hydrogens (tertiary/aromatic N) is 6. The SMILES string of the molecule is O=C(c1ccc(F)cc1)C1CCN(CN2Cc3nc(N4CCN(Cc5ccccc5)CC4)ncc3C2=O)CC1. The number of hydrogen-bond acceptors (Lipinski definition) is 7. The number of Topliss-reactive ketones (excluding diaryl/α,β-unsaturated/α-hetero) is 1. The van der Waals surface area contributed by atoms with Crippen molar-refractivity contribution in [2.24, 2.45) is 5.92 Å². The maximum atomic E-state index is 13.2. The van der Waals surface area contributed by atoms with Crippen LogP contribution in [-0.2, 0) is 13.1 Å². The van der Waals surface area contributed by atoms with Gasteiger partial charge in [0.05, 0.1) is 24.5 Å². The van der Waals surface area contributed by atoms with Crippen LogP contribution >= 0.6 is 0 Å². The standard InChI is InChI=1S/C30H33FN6O2/c31-25-8-6-23(7-9-25)28(38)24-10-12-35(13-11-24)21-37-20-27-26(29(37)39)18-32-30(33-27)36-16-14-34(15-17-36)19-22-4-2-1-3-5-22/h1-9,18,24H,10-17,19-21H2. The molecule has 2 aromatic carbocycles. The average molecular weight is 529 g/mol. The summed E-state index contributed by atoms with van der Waals surface area (Å²) in [4.78, 5) is 43.9. The molecule has 0 N–H and O–H groups in total. The van der Waals surface area contributed by atoms with E-state index in [1.165, 1.54) is 17.7 Å². The first kappa shape index (κ1) is 25.6. The zero-order valence-corrected chi connectivity index (χ0v) is 22.0. The van der Waals surface area contributed by atoms with Gasteiger partial charge in [-0.1, -0.05) is 30.3 Å². The Labute approximate surface area is 228 Å². The molecule has 0 bridgehead atoms. The summed E-state index contributed by atoms with van der Waals surface area (Å²) in [7, 11) is 0. The van der Waals surface area contributed by atoms with Crippen LogP contribution in [0.5, 0.6) is 0 Å². The van der Waals surface area contributed by atoms with E-state index in [0.29, 0.717) is 30.3 Å². The van der Waals surface area contributed by atoms with Crippen LogP contribution in [-0.4, -0.2) is 82.3 Å². The number of halogens is 1. The Kier molecular flexibility index (Phi) is 7.34. The molecule has 0 saturated carbocycles. The summed E-state index contributed by atoms with van der Waals surface area (Å²) in [5.41, 5.74) is 3.26. The lowest BCUT2D eigenvalue weighted by Crippen LogP contribution is -2.46. The summed E-state index contributed by atoms with van der Waals surface area (Å²) >= 11 is 0. The molecular weight excluding hydrogens is 495 g/mol. The van der Waals surface area contributed by atoms with Gasteiger partial charge in [0.2, 0.25) is 5.95 Å². The van der Waals surface area contributed by atoms with Gasteiger partial charge in [-0.25, -0.2) is 14.4 Å². The Hall–Kier alpha value is -3.69. The number of hydrogen-bond donors (Lipinski definition) is 0. The zero-order chi connectivity index (χ0) is 26.8. The van der Waals surface area contributed by atoms with E-state index in [2.05, 4.69) is 43.9 Å². The van der Waals surface area contributed by atoms with Crippen molar-refractivity contribution in [3.8, 4) is 0 Å². The third-order valence-corrected chi connectivity index (χ3v) is 8.08. The normalized spacial score (nSPS) is 18.9. The second-order valence-corrected chi connectivity index (χ2v) is 10.7. The van der Waals surface area contributed by atoms with Gasteiger partial charge in [-0.05, 0) is 42.7 Å². The summed E-state index contributed by atoms with van der Waals surface area (Å²) in [6, 6.07) is 16.3. The highest BCUT2D eigenvalue weighted by molar-refractivity contribution is 5.98. The maximum Gasteiger partial charge on any atom is 0.258 e. The predicted molar refractivity (Wildman–Crippen MR) is 146 cm³/mol. The van der Waals surface area contributed by atoms with E-state index in [0.717, 1.165) is 64.3 Å². The lowest BCUT2D eigenvalue weighted by Gasteiger charge is -2.34. The number of anilines is 1. The third kappa shape index (κ3) is 5.69. The van der Waals surface area contributed by atoms with Gasteiger partial charge in [0.15, 0.2) is 5.78 Å². The van der Waals surface area contributed by atoms with Crippen molar-refractivity contribution < 1.29 is 14.0 Å². The Morgan fingerprint density at radius 1 is 0.897 bits per heavy atom. The molecule has 6 rings (SSSR count). The first-order valence-electron chi connectivity index (χ1n) is 13.7. The molecule has 8 nitrogen and oxygen atoms in total. The quantitative estimate of drug-likeness (QED) is 0.435. The van der Waals surface area contributed by atoms with Crippen molar-refractivity contribution in [3.05, 3.63) is 89.0 Å². The van der Waals surface area contributed by atoms with Crippen molar-refractivity contribution >= 4 is 17.6 Å². The summed E-state index contributed by atoms with van der Waals surface area (Å²) < 4.78 is 13.2. The lowest BCUT2D eigenvalue weighted by atomic mass is 9.89.